The van der Waals surface area contributed by atoms with Crippen molar-refractivity contribution in [1.82, 2.24) is 8.87 Å². The highest BCUT2D eigenvalue weighted by atomic mass is 32.2. The van der Waals surface area contributed by atoms with Crippen molar-refractivity contribution in [3.05, 3.63) is 77.2 Å². The number of pyridine rings is 1. The third kappa shape index (κ3) is 6.71. The zero-order valence-corrected chi connectivity index (χ0v) is 20.7. The molecule has 1 heterocycles. The molecule has 0 saturated heterocycles. The van der Waals surface area contributed by atoms with Gasteiger partial charge in [-0.05, 0) is 61.5 Å². The van der Waals surface area contributed by atoms with Crippen molar-refractivity contribution < 1.29 is 22.7 Å². The van der Waals surface area contributed by atoms with Crippen LogP contribution in [-0.2, 0) is 21.4 Å². The molecular weight excluding hydrogens is 470 g/mol. The van der Waals surface area contributed by atoms with Gasteiger partial charge in [0, 0.05) is 31.0 Å². The van der Waals surface area contributed by atoms with E-state index in [-0.39, 0.29) is 11.4 Å². The van der Waals surface area contributed by atoms with Gasteiger partial charge >= 0.3 is 0 Å². The maximum atomic E-state index is 12.7. The lowest BCUT2D eigenvalue weighted by atomic mass is 10.3. The van der Waals surface area contributed by atoms with E-state index in [9.17, 15) is 18.0 Å². The molecule has 0 atom stereocenters. The van der Waals surface area contributed by atoms with E-state index in [1.165, 1.54) is 16.6 Å². The van der Waals surface area contributed by atoms with E-state index < -0.39 is 21.5 Å². The Morgan fingerprint density at radius 1 is 0.886 bits per heavy atom. The molecule has 3 rings (SSSR count). The molecule has 1 amide bonds. The predicted octanol–water partition coefficient (Wildman–Crippen LogP) is 3.71. The van der Waals surface area contributed by atoms with Crippen LogP contribution in [-0.4, -0.2) is 42.9 Å². The fourth-order valence-corrected chi connectivity index (χ4v) is 4.84. The molecule has 0 fully saturated rings. The second-order valence-electron chi connectivity index (χ2n) is 7.50. The van der Waals surface area contributed by atoms with Crippen molar-refractivity contribution in [3.63, 3.8) is 0 Å². The molecule has 0 aliphatic rings. The van der Waals surface area contributed by atoms with Gasteiger partial charge in [0.25, 0.3) is 5.56 Å². The Hall–Kier alpha value is -3.63. The number of benzene rings is 2. The number of ether oxygens (including phenoxy) is 2. The van der Waals surface area contributed by atoms with Gasteiger partial charge in [-0.15, -0.1) is 0 Å². The monoisotopic (exact) mass is 499 g/mol. The van der Waals surface area contributed by atoms with Gasteiger partial charge < -0.3 is 19.4 Å². The average molecular weight is 500 g/mol. The van der Waals surface area contributed by atoms with E-state index in [4.69, 9.17) is 9.47 Å². The third-order valence-electron chi connectivity index (χ3n) is 5.12. The van der Waals surface area contributed by atoms with Crippen LogP contribution in [0.3, 0.4) is 0 Å². The highest BCUT2D eigenvalue weighted by molar-refractivity contribution is 7.89. The van der Waals surface area contributed by atoms with Crippen molar-refractivity contribution in [1.29, 1.82) is 0 Å². The molecule has 0 radical (unpaired) electrons. The predicted molar refractivity (Wildman–Crippen MR) is 134 cm³/mol. The normalized spacial score (nSPS) is 11.3. The number of rotatable bonds is 11. The summed E-state index contributed by atoms with van der Waals surface area (Å²) >= 11 is 0. The highest BCUT2D eigenvalue weighted by Crippen LogP contribution is 2.25. The van der Waals surface area contributed by atoms with Crippen LogP contribution >= 0.6 is 0 Å². The lowest BCUT2D eigenvalue weighted by molar-refractivity contribution is -0.116. The highest BCUT2D eigenvalue weighted by Gasteiger charge is 2.22. The molecule has 35 heavy (non-hydrogen) atoms. The largest absolute Gasteiger partial charge is 0.494 e. The van der Waals surface area contributed by atoms with E-state index in [1.54, 1.807) is 50.2 Å². The number of carbonyl (C=O) groups is 1. The van der Waals surface area contributed by atoms with Gasteiger partial charge in [-0.25, -0.2) is 8.42 Å². The molecule has 0 bridgehead atoms. The standard InChI is InChI=1S/C25H29N3O6S/c1-4-28(5-2)35(31,32)23-15-16-25(30)27(17-23)18-24(29)26-19-7-9-21(10-8-19)34-22-13-11-20(12-14-22)33-6-3/h7-17H,4-6,18H2,1-3H3,(H,26,29). The first-order chi connectivity index (χ1) is 16.8. The fourth-order valence-electron chi connectivity index (χ4n) is 3.37. The zero-order chi connectivity index (χ0) is 25.4. The quantitative estimate of drug-likeness (QED) is 0.431. The summed E-state index contributed by atoms with van der Waals surface area (Å²) in [6.45, 7) is 6.25. The van der Waals surface area contributed by atoms with Gasteiger partial charge in [0.1, 0.15) is 23.8 Å². The molecule has 186 valence electrons. The van der Waals surface area contributed by atoms with Gasteiger partial charge in [-0.2, -0.15) is 4.31 Å². The van der Waals surface area contributed by atoms with Crippen LogP contribution in [0.1, 0.15) is 20.8 Å². The number of nitrogens with one attached hydrogen (secondary N) is 1. The van der Waals surface area contributed by atoms with Gasteiger partial charge in [-0.1, -0.05) is 13.8 Å². The van der Waals surface area contributed by atoms with Gasteiger partial charge in [0.05, 0.1) is 11.5 Å². The van der Waals surface area contributed by atoms with Crippen molar-refractivity contribution in [2.45, 2.75) is 32.2 Å². The van der Waals surface area contributed by atoms with Crippen molar-refractivity contribution in [2.75, 3.05) is 25.0 Å². The molecule has 10 heteroatoms. The first-order valence-electron chi connectivity index (χ1n) is 11.3. The molecular formula is C25H29N3O6S. The summed E-state index contributed by atoms with van der Waals surface area (Å²) in [5.74, 6) is 1.51. The average Bonchev–Trinajstić information content (AvgIpc) is 2.83. The molecule has 2 aromatic carbocycles. The number of anilines is 1. The number of carbonyl (C=O) groups excluding carboxylic acids is 1. The molecule has 0 aliphatic carbocycles. The molecule has 0 unspecified atom stereocenters. The summed E-state index contributed by atoms with van der Waals surface area (Å²) in [7, 11) is -3.75. The van der Waals surface area contributed by atoms with Crippen LogP contribution in [0.25, 0.3) is 0 Å². The SMILES string of the molecule is CCOc1ccc(Oc2ccc(NC(=O)Cn3cc(S(=O)(=O)N(CC)CC)ccc3=O)cc2)cc1. The molecule has 1 aromatic heterocycles. The van der Waals surface area contributed by atoms with Crippen molar-refractivity contribution in [2.24, 2.45) is 0 Å². The van der Waals surface area contributed by atoms with E-state index in [1.807, 2.05) is 19.1 Å². The molecule has 0 saturated carbocycles. The van der Waals surface area contributed by atoms with Crippen LogP contribution in [0.2, 0.25) is 0 Å². The first-order valence-corrected chi connectivity index (χ1v) is 12.7. The number of hydrogen-bond donors (Lipinski definition) is 1. The van der Waals surface area contributed by atoms with E-state index in [0.29, 0.717) is 36.9 Å². The van der Waals surface area contributed by atoms with Crippen molar-refractivity contribution in [3.8, 4) is 17.2 Å². The topological polar surface area (TPSA) is 107 Å². The maximum absolute atomic E-state index is 12.7. The lowest BCUT2D eigenvalue weighted by Gasteiger charge is -2.19. The fraction of sp³-hybridized carbons (Fsp3) is 0.280. The lowest BCUT2D eigenvalue weighted by Crippen LogP contribution is -2.33. The molecule has 0 spiro atoms. The summed E-state index contributed by atoms with van der Waals surface area (Å²) in [6, 6.07) is 16.4. The van der Waals surface area contributed by atoms with Crippen LogP contribution in [0.15, 0.2) is 76.6 Å². The minimum absolute atomic E-state index is 0.0376. The number of sulfonamides is 1. The minimum Gasteiger partial charge on any atom is -0.494 e. The Morgan fingerprint density at radius 3 is 2.03 bits per heavy atom. The van der Waals surface area contributed by atoms with E-state index in [0.717, 1.165) is 16.4 Å². The van der Waals surface area contributed by atoms with Crippen molar-refractivity contribution >= 4 is 21.6 Å². The summed E-state index contributed by atoms with van der Waals surface area (Å²) in [6.07, 6.45) is 1.20. The summed E-state index contributed by atoms with van der Waals surface area (Å²) in [4.78, 5) is 24.7. The summed E-state index contributed by atoms with van der Waals surface area (Å²) < 4.78 is 39.0. The Morgan fingerprint density at radius 2 is 1.46 bits per heavy atom. The molecule has 1 N–H and O–H groups in total. The van der Waals surface area contributed by atoms with E-state index in [2.05, 4.69) is 5.32 Å². The number of nitrogens with zero attached hydrogens (tertiary/aromatic N) is 2. The Kier molecular flexibility index (Phi) is 8.67. The third-order valence-corrected chi connectivity index (χ3v) is 7.16. The molecule has 9 nitrogen and oxygen atoms in total. The maximum Gasteiger partial charge on any atom is 0.251 e. The number of aromatic nitrogens is 1. The zero-order valence-electron chi connectivity index (χ0n) is 19.9. The Bertz CT molecular complexity index is 1300. The summed E-state index contributed by atoms with van der Waals surface area (Å²) in [5.41, 5.74) is 0.0340. The number of amides is 1. The first kappa shape index (κ1) is 26.0. The van der Waals surface area contributed by atoms with Crippen LogP contribution in [0, 0.1) is 0 Å². The van der Waals surface area contributed by atoms with Crippen LogP contribution in [0.5, 0.6) is 17.2 Å². The molecule has 3 aromatic rings. The van der Waals surface area contributed by atoms with Crippen LogP contribution < -0.4 is 20.3 Å². The second kappa shape index (κ2) is 11.7. The minimum atomic E-state index is -3.75. The Labute approximate surface area is 205 Å². The van der Waals surface area contributed by atoms with Gasteiger partial charge in [0.15, 0.2) is 0 Å². The Balaban J connectivity index is 1.65. The van der Waals surface area contributed by atoms with Gasteiger partial charge in [-0.3, -0.25) is 9.59 Å². The summed E-state index contributed by atoms with van der Waals surface area (Å²) in [5, 5.41) is 2.70. The van der Waals surface area contributed by atoms with Crippen LogP contribution in [0.4, 0.5) is 5.69 Å². The van der Waals surface area contributed by atoms with Gasteiger partial charge in [0.2, 0.25) is 15.9 Å². The smallest absolute Gasteiger partial charge is 0.251 e. The number of hydrogen-bond acceptors (Lipinski definition) is 6. The second-order valence-corrected chi connectivity index (χ2v) is 9.44. The molecule has 0 aliphatic heterocycles. The van der Waals surface area contributed by atoms with E-state index >= 15 is 0 Å².